The molecule has 2 N–H and O–H groups in total. The molecule has 2 heterocycles. The molecule has 0 saturated heterocycles. The number of carbonyl (C=O) groups is 3. The molecule has 14 heteroatoms. The monoisotopic (exact) mass is 487 g/mol. The first-order valence-corrected chi connectivity index (χ1v) is 9.59. The number of rotatable bonds is 7. The van der Waals surface area contributed by atoms with Crippen molar-refractivity contribution in [2.24, 2.45) is 0 Å². The summed E-state index contributed by atoms with van der Waals surface area (Å²) >= 11 is 1.19. The second kappa shape index (κ2) is 11.1. The van der Waals surface area contributed by atoms with Crippen molar-refractivity contribution < 1.29 is 46.6 Å². The lowest BCUT2D eigenvalue weighted by Crippen LogP contribution is -2.22. The average molecular weight is 487 g/mol. The Morgan fingerprint density at radius 2 is 1.79 bits per heavy atom. The number of methoxy groups -OCH3 is 2. The zero-order chi connectivity index (χ0) is 24.6. The van der Waals surface area contributed by atoms with Gasteiger partial charge >= 0.3 is 18.1 Å². The second-order valence-electron chi connectivity index (χ2n) is 5.93. The smallest absolute Gasteiger partial charge is 0.490 e. The number of nitrogens with one attached hydrogen (secondary N) is 1. The molecule has 1 aromatic carbocycles. The Labute approximate surface area is 188 Å². The number of halogens is 3. The largest absolute Gasteiger partial charge is 0.493 e. The first-order chi connectivity index (χ1) is 15.5. The van der Waals surface area contributed by atoms with Crippen molar-refractivity contribution in [3.8, 4) is 11.5 Å². The number of Topliss-reactive ketones (excluding diaryl/α,β-unsaturated/α-hetero) is 1. The van der Waals surface area contributed by atoms with Gasteiger partial charge in [0.2, 0.25) is 5.13 Å². The van der Waals surface area contributed by atoms with Crippen molar-refractivity contribution in [1.82, 2.24) is 10.2 Å². The van der Waals surface area contributed by atoms with Gasteiger partial charge in [-0.2, -0.15) is 13.2 Å². The standard InChI is InChI=1S/C17H15N3O5S.C2HF3O2/c1-23-11-6-5-10(8-13(11)24-2)9-14-19-20-17(26-14)18-16(22)15(21)12-4-3-7-25-12;3-2(4,5)1(6)7/h3-8H,9H2,1-2H3,(H,18,20,22);(H,6,7). The van der Waals surface area contributed by atoms with Gasteiger partial charge in [0.25, 0.3) is 5.78 Å². The first kappa shape index (κ1) is 25.3. The van der Waals surface area contributed by atoms with E-state index in [0.717, 1.165) is 5.56 Å². The van der Waals surface area contributed by atoms with Gasteiger partial charge in [0.1, 0.15) is 5.01 Å². The number of alkyl halides is 3. The number of carboxylic acids is 1. The molecule has 0 bridgehead atoms. The lowest BCUT2D eigenvalue weighted by molar-refractivity contribution is -0.192. The fourth-order valence-electron chi connectivity index (χ4n) is 2.21. The Kier molecular flexibility index (Phi) is 8.50. The van der Waals surface area contributed by atoms with Gasteiger partial charge in [-0.05, 0) is 29.8 Å². The van der Waals surface area contributed by atoms with E-state index in [2.05, 4.69) is 15.5 Å². The number of aliphatic carboxylic acids is 1. The molecule has 0 fully saturated rings. The van der Waals surface area contributed by atoms with E-state index in [4.69, 9.17) is 23.8 Å². The molecule has 10 nitrogen and oxygen atoms in total. The number of carbonyl (C=O) groups excluding carboxylic acids is 2. The minimum atomic E-state index is -5.08. The summed E-state index contributed by atoms with van der Waals surface area (Å²) in [4.78, 5) is 32.7. The molecule has 176 valence electrons. The summed E-state index contributed by atoms with van der Waals surface area (Å²) in [5.41, 5.74) is 0.948. The molecule has 33 heavy (non-hydrogen) atoms. The molecule has 0 atom stereocenters. The Morgan fingerprint density at radius 1 is 1.12 bits per heavy atom. The number of amides is 1. The van der Waals surface area contributed by atoms with E-state index in [-0.39, 0.29) is 10.9 Å². The highest BCUT2D eigenvalue weighted by molar-refractivity contribution is 7.15. The molecule has 3 aromatic rings. The van der Waals surface area contributed by atoms with E-state index in [0.29, 0.717) is 22.9 Å². The maximum absolute atomic E-state index is 11.9. The van der Waals surface area contributed by atoms with Gasteiger partial charge in [0.15, 0.2) is 17.3 Å². The molecule has 0 aliphatic heterocycles. The summed E-state index contributed by atoms with van der Waals surface area (Å²) in [6.45, 7) is 0. The van der Waals surface area contributed by atoms with Crippen molar-refractivity contribution in [1.29, 1.82) is 0 Å². The molecule has 2 aromatic heterocycles. The summed E-state index contributed by atoms with van der Waals surface area (Å²) in [6, 6.07) is 8.50. The predicted octanol–water partition coefficient (Wildman–Crippen LogP) is 3.19. The number of ether oxygens (including phenoxy) is 2. The number of furan rings is 1. The number of anilines is 1. The van der Waals surface area contributed by atoms with Crippen LogP contribution >= 0.6 is 11.3 Å². The van der Waals surface area contributed by atoms with Crippen molar-refractivity contribution in [3.05, 3.63) is 52.9 Å². The third-order valence-corrected chi connectivity index (χ3v) is 4.52. The molecule has 0 unspecified atom stereocenters. The van der Waals surface area contributed by atoms with E-state index < -0.39 is 23.8 Å². The number of hydrogen-bond acceptors (Lipinski definition) is 9. The Bertz CT molecular complexity index is 1110. The third kappa shape index (κ3) is 7.31. The van der Waals surface area contributed by atoms with Gasteiger partial charge in [0.05, 0.1) is 20.5 Å². The van der Waals surface area contributed by atoms with E-state index in [1.54, 1.807) is 20.3 Å². The lowest BCUT2D eigenvalue weighted by Gasteiger charge is -2.08. The van der Waals surface area contributed by atoms with Crippen molar-refractivity contribution in [3.63, 3.8) is 0 Å². The highest BCUT2D eigenvalue weighted by Gasteiger charge is 2.38. The fourth-order valence-corrected chi connectivity index (χ4v) is 2.98. The maximum Gasteiger partial charge on any atom is 0.490 e. The molecule has 0 spiro atoms. The minimum absolute atomic E-state index is 0.0300. The van der Waals surface area contributed by atoms with Crippen molar-refractivity contribution in [2.75, 3.05) is 19.5 Å². The third-order valence-electron chi connectivity index (χ3n) is 3.68. The van der Waals surface area contributed by atoms with Crippen LogP contribution in [0.3, 0.4) is 0 Å². The van der Waals surface area contributed by atoms with Crippen LogP contribution in [0.2, 0.25) is 0 Å². The van der Waals surface area contributed by atoms with Crippen LogP contribution in [-0.4, -0.2) is 53.4 Å². The zero-order valence-electron chi connectivity index (χ0n) is 17.0. The van der Waals surface area contributed by atoms with Gasteiger partial charge in [-0.3, -0.25) is 14.9 Å². The summed E-state index contributed by atoms with van der Waals surface area (Å²) in [6.07, 6.45) is -3.26. The van der Waals surface area contributed by atoms with Gasteiger partial charge in [-0.1, -0.05) is 17.4 Å². The molecule has 0 aliphatic carbocycles. The van der Waals surface area contributed by atoms with Crippen LogP contribution in [0, 0.1) is 0 Å². The molecule has 0 saturated carbocycles. The van der Waals surface area contributed by atoms with Crippen LogP contribution in [0.15, 0.2) is 41.0 Å². The van der Waals surface area contributed by atoms with E-state index in [1.165, 1.54) is 29.7 Å². The van der Waals surface area contributed by atoms with Gasteiger partial charge in [-0.15, -0.1) is 10.2 Å². The van der Waals surface area contributed by atoms with E-state index in [1.807, 2.05) is 12.1 Å². The number of benzene rings is 1. The number of ketones is 1. The Morgan fingerprint density at radius 3 is 2.33 bits per heavy atom. The van der Waals surface area contributed by atoms with E-state index >= 15 is 0 Å². The average Bonchev–Trinajstić information content (AvgIpc) is 3.45. The molecule has 0 radical (unpaired) electrons. The van der Waals surface area contributed by atoms with Crippen molar-refractivity contribution in [2.45, 2.75) is 12.6 Å². The topological polar surface area (TPSA) is 141 Å². The van der Waals surface area contributed by atoms with Crippen LogP contribution in [0.1, 0.15) is 21.1 Å². The maximum atomic E-state index is 11.9. The summed E-state index contributed by atoms with van der Waals surface area (Å²) in [7, 11) is 3.14. The SMILES string of the molecule is COc1ccc(Cc2nnc(NC(=O)C(=O)c3ccco3)s2)cc1OC.O=C(O)C(F)(F)F. The predicted molar refractivity (Wildman–Crippen MR) is 108 cm³/mol. The van der Waals surface area contributed by atoms with Crippen LogP contribution in [0.4, 0.5) is 18.3 Å². The first-order valence-electron chi connectivity index (χ1n) is 8.77. The molecule has 3 rings (SSSR count). The lowest BCUT2D eigenvalue weighted by atomic mass is 10.1. The van der Waals surface area contributed by atoms with Gasteiger partial charge < -0.3 is 19.0 Å². The van der Waals surface area contributed by atoms with Crippen LogP contribution in [0.5, 0.6) is 11.5 Å². The van der Waals surface area contributed by atoms with Gasteiger partial charge in [-0.25, -0.2) is 4.79 Å². The normalized spacial score (nSPS) is 10.6. The number of carboxylic acid groups (broad SMARTS) is 1. The highest BCUT2D eigenvalue weighted by atomic mass is 32.1. The zero-order valence-corrected chi connectivity index (χ0v) is 17.8. The highest BCUT2D eigenvalue weighted by Crippen LogP contribution is 2.29. The Balaban J connectivity index is 0.000000479. The molecular formula is C19H16F3N3O7S. The fraction of sp³-hybridized carbons (Fsp3) is 0.211. The minimum Gasteiger partial charge on any atom is -0.493 e. The summed E-state index contributed by atoms with van der Waals surface area (Å²) in [5, 5.41) is 18.4. The van der Waals surface area contributed by atoms with Crippen molar-refractivity contribution >= 4 is 34.1 Å². The Hall–Kier alpha value is -3.94. The van der Waals surface area contributed by atoms with Crippen LogP contribution < -0.4 is 14.8 Å². The van der Waals surface area contributed by atoms with Crippen LogP contribution in [-0.2, 0) is 16.0 Å². The number of nitrogens with zero attached hydrogens (tertiary/aromatic N) is 2. The summed E-state index contributed by atoms with van der Waals surface area (Å²) in [5.74, 6) is -3.13. The van der Waals surface area contributed by atoms with E-state index in [9.17, 15) is 22.8 Å². The molecular weight excluding hydrogens is 471 g/mol. The quantitative estimate of drug-likeness (QED) is 0.380. The molecule has 1 amide bonds. The molecule has 0 aliphatic rings. The van der Waals surface area contributed by atoms with Crippen LogP contribution in [0.25, 0.3) is 0 Å². The van der Waals surface area contributed by atoms with Gasteiger partial charge in [0, 0.05) is 6.42 Å². The second-order valence-corrected chi connectivity index (χ2v) is 6.99. The summed E-state index contributed by atoms with van der Waals surface area (Å²) < 4.78 is 47.1. The number of hydrogen-bond donors (Lipinski definition) is 2. The number of aromatic nitrogens is 2.